The highest BCUT2D eigenvalue weighted by molar-refractivity contribution is 6.38. The number of rotatable bonds is 11. The molecule has 1 aromatic heterocycles. The van der Waals surface area contributed by atoms with E-state index in [1.54, 1.807) is 19.2 Å². The summed E-state index contributed by atoms with van der Waals surface area (Å²) in [5, 5.41) is 44.1. The molecule has 1 aromatic rings. The minimum Gasteiger partial charge on any atom is -0.510 e. The lowest BCUT2D eigenvalue weighted by atomic mass is 9.90. The molecule has 0 aromatic carbocycles. The highest BCUT2D eigenvalue weighted by Gasteiger charge is 2.34. The van der Waals surface area contributed by atoms with Gasteiger partial charge in [0, 0.05) is 35.4 Å². The Morgan fingerprint density at radius 2 is 1.45 bits per heavy atom. The summed E-state index contributed by atoms with van der Waals surface area (Å²) >= 11 is 0. The Labute approximate surface area is 285 Å². The van der Waals surface area contributed by atoms with Crippen LogP contribution in [0.1, 0.15) is 62.5 Å². The summed E-state index contributed by atoms with van der Waals surface area (Å²) in [7, 11) is 1.64. The first-order valence-corrected chi connectivity index (χ1v) is 16.0. The summed E-state index contributed by atoms with van der Waals surface area (Å²) in [6.07, 6.45) is 9.23. The third-order valence-electron chi connectivity index (χ3n) is 9.39. The zero-order valence-corrected chi connectivity index (χ0v) is 28.4. The van der Waals surface area contributed by atoms with Crippen LogP contribution in [0.5, 0.6) is 0 Å². The van der Waals surface area contributed by atoms with Gasteiger partial charge in [0.1, 0.15) is 5.76 Å². The SMILES string of the molecule is C=CC1=C(C)C2=NC1=Cc1[nH]c(c(CCC(=O)O)c1C)C=C1N=C(C=C3N=C(C(C=C)=C3C)C2=C(O)[C@H](CO)NC)C(C)=C1CCC(=O)O. The Balaban J connectivity index is 1.91. The Bertz CT molecular complexity index is 2010. The molecular weight excluding hydrogens is 622 g/mol. The number of carboxylic acids is 2. The number of hydrogen-bond acceptors (Lipinski definition) is 8. The molecule has 1 atom stereocenters. The molecule has 0 saturated carbocycles. The fourth-order valence-electron chi connectivity index (χ4n) is 6.54. The predicted octanol–water partition coefficient (Wildman–Crippen LogP) is 5.86. The van der Waals surface area contributed by atoms with E-state index in [1.807, 2.05) is 45.9 Å². The van der Waals surface area contributed by atoms with Crippen LogP contribution in [0, 0.1) is 6.92 Å². The fourth-order valence-corrected chi connectivity index (χ4v) is 6.54. The average molecular weight is 664 g/mol. The molecule has 8 bridgehead atoms. The van der Waals surface area contributed by atoms with Gasteiger partial charge in [0.25, 0.3) is 0 Å². The van der Waals surface area contributed by atoms with Gasteiger partial charge in [0.2, 0.25) is 0 Å². The highest BCUT2D eigenvalue weighted by Crippen LogP contribution is 2.39. The second kappa shape index (κ2) is 14.0. The maximum absolute atomic E-state index is 11.8. The van der Waals surface area contributed by atoms with Gasteiger partial charge in [-0.05, 0) is 99.2 Å². The van der Waals surface area contributed by atoms with Gasteiger partial charge in [-0.15, -0.1) is 0 Å². The largest absolute Gasteiger partial charge is 0.510 e. The molecule has 0 spiro atoms. The Morgan fingerprint density at radius 3 is 2.06 bits per heavy atom. The van der Waals surface area contributed by atoms with E-state index in [2.05, 4.69) is 23.5 Å². The maximum Gasteiger partial charge on any atom is 0.303 e. The number of aromatic amines is 1. The number of aliphatic hydroxyl groups is 2. The van der Waals surface area contributed by atoms with Crippen LogP contribution >= 0.6 is 0 Å². The van der Waals surface area contributed by atoms with Crippen LogP contribution in [-0.4, -0.2) is 74.2 Å². The van der Waals surface area contributed by atoms with Crippen LogP contribution in [0.4, 0.5) is 0 Å². The standard InChI is InChI=1S/C38H41N5O6/c1-8-22-21(6)36-35(38(49)32(17-44)39-7)37-23(9-2)18(3)28(42-37)14-26-19(4)24(10-12-33(45)46)30(40-26)16-31-25(11-13-34(47)48)20(5)27(41-31)15-29(22)43-36/h8-9,14-16,32,39,41,44,49H,1-2,10-13,17H2,3-7H3,(H,45,46)(H,47,48)/t32-/m0/s1. The summed E-state index contributed by atoms with van der Waals surface area (Å²) in [5.74, 6) is -2.01. The van der Waals surface area contributed by atoms with E-state index < -0.39 is 18.0 Å². The van der Waals surface area contributed by atoms with Crippen molar-refractivity contribution < 1.29 is 30.0 Å². The topological polar surface area (TPSA) is 180 Å². The van der Waals surface area contributed by atoms with Crippen molar-refractivity contribution in [1.82, 2.24) is 10.3 Å². The Hall–Kier alpha value is -5.39. The second-order valence-electron chi connectivity index (χ2n) is 12.2. The molecule has 5 rings (SSSR count). The van der Waals surface area contributed by atoms with Crippen molar-refractivity contribution in [3.05, 3.63) is 116 Å². The zero-order chi connectivity index (χ0) is 35.7. The number of carbonyl (C=O) groups is 2. The second-order valence-corrected chi connectivity index (χ2v) is 12.2. The minimum absolute atomic E-state index is 0.0895. The fraction of sp³-hybridized carbons (Fsp3) is 0.289. The van der Waals surface area contributed by atoms with Crippen molar-refractivity contribution in [2.75, 3.05) is 13.7 Å². The zero-order valence-electron chi connectivity index (χ0n) is 28.4. The summed E-state index contributed by atoms with van der Waals surface area (Å²) in [4.78, 5) is 41.8. The molecule has 11 nitrogen and oxygen atoms in total. The molecule has 0 radical (unpaired) electrons. The molecule has 4 aliphatic rings. The minimum atomic E-state index is -0.935. The van der Waals surface area contributed by atoms with E-state index in [1.165, 1.54) is 0 Å². The van der Waals surface area contributed by atoms with E-state index >= 15 is 0 Å². The normalized spacial score (nSPS) is 18.9. The molecule has 4 aliphatic heterocycles. The number of likely N-dealkylation sites (N-methyl/N-ethyl adjacent to an activating group) is 1. The van der Waals surface area contributed by atoms with Gasteiger partial charge in [0.15, 0.2) is 0 Å². The number of aliphatic carboxylic acids is 2. The summed E-state index contributed by atoms with van der Waals surface area (Å²) in [5.41, 5.74) is 11.0. The maximum atomic E-state index is 11.8. The van der Waals surface area contributed by atoms with E-state index in [4.69, 9.17) is 15.0 Å². The van der Waals surface area contributed by atoms with Crippen LogP contribution in [0.25, 0.3) is 12.2 Å². The quantitative estimate of drug-likeness (QED) is 0.160. The van der Waals surface area contributed by atoms with Crippen LogP contribution < -0.4 is 5.32 Å². The van der Waals surface area contributed by atoms with Crippen LogP contribution in [0.3, 0.4) is 0 Å². The number of nitrogens with zero attached hydrogens (tertiary/aromatic N) is 3. The Kier molecular flexibility index (Phi) is 9.98. The lowest BCUT2D eigenvalue weighted by Crippen LogP contribution is -2.34. The number of allylic oxidation sites excluding steroid dienone is 9. The first kappa shape index (κ1) is 34.9. The smallest absolute Gasteiger partial charge is 0.303 e. The first-order valence-electron chi connectivity index (χ1n) is 16.0. The molecule has 11 heteroatoms. The summed E-state index contributed by atoms with van der Waals surface area (Å²) in [6.45, 7) is 15.3. The van der Waals surface area contributed by atoms with E-state index in [0.29, 0.717) is 56.8 Å². The van der Waals surface area contributed by atoms with Gasteiger partial charge in [-0.2, -0.15) is 0 Å². The van der Waals surface area contributed by atoms with Crippen molar-refractivity contribution in [2.24, 2.45) is 15.0 Å². The van der Waals surface area contributed by atoms with E-state index in [0.717, 1.165) is 39.0 Å². The van der Waals surface area contributed by atoms with Crippen molar-refractivity contribution in [3.63, 3.8) is 0 Å². The molecule has 0 amide bonds. The number of aromatic nitrogens is 1. The summed E-state index contributed by atoms with van der Waals surface area (Å²) in [6, 6.07) is -0.822. The van der Waals surface area contributed by atoms with Gasteiger partial charge in [-0.1, -0.05) is 25.3 Å². The molecule has 0 unspecified atom stereocenters. The lowest BCUT2D eigenvalue weighted by molar-refractivity contribution is -0.138. The van der Waals surface area contributed by atoms with Crippen molar-refractivity contribution in [2.45, 2.75) is 59.4 Å². The number of H-pyrrole nitrogens is 1. The first-order chi connectivity index (χ1) is 23.3. The van der Waals surface area contributed by atoms with Crippen LogP contribution in [0.15, 0.2) is 108 Å². The number of fused-ring (bicyclic) bond motifs is 5. The molecule has 49 heavy (non-hydrogen) atoms. The van der Waals surface area contributed by atoms with Crippen molar-refractivity contribution in [3.8, 4) is 0 Å². The van der Waals surface area contributed by atoms with Gasteiger partial charge in [0.05, 0.1) is 52.4 Å². The number of hydrogen-bond donors (Lipinski definition) is 6. The number of carboxylic acid groups (broad SMARTS) is 2. The third-order valence-corrected chi connectivity index (χ3v) is 9.39. The van der Waals surface area contributed by atoms with E-state index in [9.17, 15) is 30.0 Å². The average Bonchev–Trinajstić information content (AvgIpc) is 3.72. The molecule has 254 valence electrons. The number of aliphatic imine (C=N–C) groups is 3. The van der Waals surface area contributed by atoms with Crippen molar-refractivity contribution in [1.29, 1.82) is 0 Å². The highest BCUT2D eigenvalue weighted by atomic mass is 16.4. The van der Waals surface area contributed by atoms with Crippen LogP contribution in [0.2, 0.25) is 0 Å². The van der Waals surface area contributed by atoms with Gasteiger partial charge in [-0.3, -0.25) is 9.59 Å². The third kappa shape index (κ3) is 6.42. The monoisotopic (exact) mass is 663 g/mol. The lowest BCUT2D eigenvalue weighted by Gasteiger charge is -2.19. The van der Waals surface area contributed by atoms with Gasteiger partial charge in [-0.25, -0.2) is 15.0 Å². The van der Waals surface area contributed by atoms with Crippen LogP contribution in [-0.2, 0) is 16.0 Å². The van der Waals surface area contributed by atoms with Gasteiger partial charge >= 0.3 is 11.9 Å². The van der Waals surface area contributed by atoms with E-state index in [-0.39, 0.29) is 38.0 Å². The molecule has 0 aliphatic carbocycles. The predicted molar refractivity (Wildman–Crippen MR) is 193 cm³/mol. The Morgan fingerprint density at radius 1 is 0.816 bits per heavy atom. The molecule has 0 saturated heterocycles. The van der Waals surface area contributed by atoms with Crippen molar-refractivity contribution >= 4 is 41.2 Å². The van der Waals surface area contributed by atoms with Gasteiger partial charge < -0.3 is 30.7 Å². The summed E-state index contributed by atoms with van der Waals surface area (Å²) < 4.78 is 0. The molecule has 6 N–H and O–H groups in total. The molecule has 5 heterocycles. The number of nitrogens with one attached hydrogen (secondary N) is 2. The number of aliphatic hydroxyl groups excluding tert-OH is 2. The molecular formula is C38H41N5O6. The molecule has 0 fully saturated rings.